The van der Waals surface area contributed by atoms with Gasteiger partial charge in [-0.1, -0.05) is 18.5 Å². The summed E-state index contributed by atoms with van der Waals surface area (Å²) in [5.41, 5.74) is 1.31. The Balaban J connectivity index is 2.05. The largest absolute Gasteiger partial charge is 0.340 e. The van der Waals surface area contributed by atoms with Crippen molar-refractivity contribution in [1.29, 1.82) is 0 Å². The number of hydrogen-bond donors (Lipinski definition) is 0. The van der Waals surface area contributed by atoms with E-state index in [1.165, 1.54) is 6.42 Å². The van der Waals surface area contributed by atoms with E-state index in [0.29, 0.717) is 16.6 Å². The molecule has 0 spiro atoms. The van der Waals surface area contributed by atoms with Crippen LogP contribution in [0.15, 0.2) is 12.3 Å². The van der Waals surface area contributed by atoms with E-state index in [2.05, 4.69) is 16.8 Å². The summed E-state index contributed by atoms with van der Waals surface area (Å²) in [4.78, 5) is 20.8. The Morgan fingerprint density at radius 1 is 1.60 bits per heavy atom. The number of pyridine rings is 1. The number of hydrogen-bond acceptors (Lipinski definition) is 3. The molecule has 2 heterocycles. The number of amides is 1. The zero-order chi connectivity index (χ0) is 14.7. The molecule has 0 bridgehead atoms. The van der Waals surface area contributed by atoms with Crippen molar-refractivity contribution >= 4 is 17.5 Å². The third kappa shape index (κ3) is 3.30. The average molecular weight is 296 g/mol. The molecule has 5 heteroatoms. The number of likely N-dealkylation sites (N-methyl/N-ethyl adjacent to an activating group) is 2. The Morgan fingerprint density at radius 2 is 2.35 bits per heavy atom. The summed E-state index contributed by atoms with van der Waals surface area (Å²) in [5.74, 6) is -0.0505. The smallest absolute Gasteiger partial charge is 0.256 e. The first-order valence-electron chi connectivity index (χ1n) is 7.14. The van der Waals surface area contributed by atoms with Crippen molar-refractivity contribution in [2.24, 2.45) is 0 Å². The summed E-state index contributed by atoms with van der Waals surface area (Å²) >= 11 is 6.14. The van der Waals surface area contributed by atoms with Crippen LogP contribution in [0.4, 0.5) is 0 Å². The Labute approximate surface area is 125 Å². The topological polar surface area (TPSA) is 36.4 Å². The molecule has 20 heavy (non-hydrogen) atoms. The number of halogens is 1. The summed E-state index contributed by atoms with van der Waals surface area (Å²) in [6.07, 6.45) is 3.95. The van der Waals surface area contributed by atoms with Crippen molar-refractivity contribution in [2.75, 3.05) is 26.7 Å². The van der Waals surface area contributed by atoms with Crippen molar-refractivity contribution in [3.05, 3.63) is 28.5 Å². The van der Waals surface area contributed by atoms with Crippen molar-refractivity contribution in [2.45, 2.75) is 32.7 Å². The molecule has 0 aromatic carbocycles. The Hall–Kier alpha value is -1.13. The molecule has 4 nitrogen and oxygen atoms in total. The molecule has 110 valence electrons. The van der Waals surface area contributed by atoms with E-state index in [0.717, 1.165) is 31.7 Å². The fraction of sp³-hybridized carbons (Fsp3) is 0.600. The van der Waals surface area contributed by atoms with E-state index in [4.69, 9.17) is 11.6 Å². The highest BCUT2D eigenvalue weighted by Gasteiger charge is 2.26. The molecular formula is C15H22ClN3O. The van der Waals surface area contributed by atoms with Gasteiger partial charge in [-0.05, 0) is 38.9 Å². The Kier molecular flexibility index (Phi) is 5.00. The SMILES string of the molecule is CCN1CCCC1CN(C)C(=O)c1cnc(C)cc1Cl. The minimum Gasteiger partial charge on any atom is -0.340 e. The van der Waals surface area contributed by atoms with E-state index in [1.807, 2.05) is 14.0 Å². The third-order valence-electron chi connectivity index (χ3n) is 3.96. The molecule has 1 aliphatic heterocycles. The van der Waals surface area contributed by atoms with Gasteiger partial charge in [-0.25, -0.2) is 0 Å². The summed E-state index contributed by atoms with van der Waals surface area (Å²) in [6, 6.07) is 2.20. The molecule has 0 aliphatic carbocycles. The fourth-order valence-corrected chi connectivity index (χ4v) is 3.09. The Morgan fingerprint density at radius 3 is 3.00 bits per heavy atom. The second kappa shape index (κ2) is 6.55. The van der Waals surface area contributed by atoms with Gasteiger partial charge in [0.25, 0.3) is 5.91 Å². The van der Waals surface area contributed by atoms with Crippen LogP contribution in [0.2, 0.25) is 5.02 Å². The third-order valence-corrected chi connectivity index (χ3v) is 4.27. The fourth-order valence-electron chi connectivity index (χ4n) is 2.81. The highest BCUT2D eigenvalue weighted by Crippen LogP contribution is 2.20. The normalized spacial score (nSPS) is 19.3. The molecule has 0 N–H and O–H groups in total. The van der Waals surface area contributed by atoms with Gasteiger partial charge < -0.3 is 4.90 Å². The first-order valence-corrected chi connectivity index (χ1v) is 7.52. The zero-order valence-electron chi connectivity index (χ0n) is 12.4. The van der Waals surface area contributed by atoms with Gasteiger partial charge in [0.1, 0.15) is 0 Å². The van der Waals surface area contributed by atoms with Crippen LogP contribution in [0.5, 0.6) is 0 Å². The van der Waals surface area contributed by atoms with E-state index in [1.54, 1.807) is 17.2 Å². The Bertz CT molecular complexity index is 492. The summed E-state index contributed by atoms with van der Waals surface area (Å²) < 4.78 is 0. The van der Waals surface area contributed by atoms with Gasteiger partial charge in [0.05, 0.1) is 10.6 Å². The minimum absolute atomic E-state index is 0.0505. The molecule has 2 rings (SSSR count). The number of aromatic nitrogens is 1. The van der Waals surface area contributed by atoms with E-state index in [9.17, 15) is 4.79 Å². The van der Waals surface area contributed by atoms with E-state index in [-0.39, 0.29) is 5.91 Å². The lowest BCUT2D eigenvalue weighted by molar-refractivity contribution is 0.0754. The lowest BCUT2D eigenvalue weighted by Crippen LogP contribution is -2.41. The van der Waals surface area contributed by atoms with Crippen LogP contribution < -0.4 is 0 Å². The zero-order valence-corrected chi connectivity index (χ0v) is 13.2. The second-order valence-electron chi connectivity index (χ2n) is 5.42. The van der Waals surface area contributed by atoms with Crippen molar-refractivity contribution in [3.63, 3.8) is 0 Å². The van der Waals surface area contributed by atoms with Gasteiger partial charge in [-0.3, -0.25) is 14.7 Å². The molecular weight excluding hydrogens is 274 g/mol. The van der Waals surface area contributed by atoms with Gasteiger partial charge in [-0.2, -0.15) is 0 Å². The average Bonchev–Trinajstić information content (AvgIpc) is 2.85. The first kappa shape index (κ1) is 15.3. The number of rotatable bonds is 4. The second-order valence-corrected chi connectivity index (χ2v) is 5.82. The molecule has 0 saturated carbocycles. The minimum atomic E-state index is -0.0505. The maximum atomic E-state index is 12.4. The summed E-state index contributed by atoms with van der Waals surface area (Å²) in [7, 11) is 1.84. The molecule has 1 fully saturated rings. The number of aryl methyl sites for hydroxylation is 1. The highest BCUT2D eigenvalue weighted by molar-refractivity contribution is 6.33. The quantitative estimate of drug-likeness (QED) is 0.857. The van der Waals surface area contributed by atoms with Crippen LogP contribution >= 0.6 is 11.6 Å². The predicted molar refractivity (Wildman–Crippen MR) is 81.2 cm³/mol. The number of nitrogens with zero attached hydrogens (tertiary/aromatic N) is 3. The molecule has 1 aliphatic rings. The van der Waals surface area contributed by atoms with Crippen molar-refractivity contribution < 1.29 is 4.79 Å². The van der Waals surface area contributed by atoms with Crippen LogP contribution in [0, 0.1) is 6.92 Å². The molecule has 1 amide bonds. The number of carbonyl (C=O) groups excluding carboxylic acids is 1. The summed E-state index contributed by atoms with van der Waals surface area (Å²) in [5, 5.41) is 0.480. The lowest BCUT2D eigenvalue weighted by atomic mass is 10.2. The first-order chi connectivity index (χ1) is 9.52. The van der Waals surface area contributed by atoms with Crippen LogP contribution in [-0.4, -0.2) is 53.4 Å². The van der Waals surface area contributed by atoms with Gasteiger partial charge in [0.2, 0.25) is 0 Å². The van der Waals surface area contributed by atoms with Crippen LogP contribution in [0.1, 0.15) is 35.8 Å². The van der Waals surface area contributed by atoms with Crippen LogP contribution in [0.25, 0.3) is 0 Å². The number of likely N-dealkylation sites (tertiary alicyclic amines) is 1. The van der Waals surface area contributed by atoms with Gasteiger partial charge in [-0.15, -0.1) is 0 Å². The molecule has 1 aromatic heterocycles. The van der Waals surface area contributed by atoms with E-state index < -0.39 is 0 Å². The standard InChI is InChI=1S/C15H22ClN3O/c1-4-19-7-5-6-12(19)10-18(3)15(20)13-9-17-11(2)8-14(13)16/h8-9,12H,4-7,10H2,1-3H3. The van der Waals surface area contributed by atoms with Gasteiger partial charge in [0, 0.05) is 31.5 Å². The molecule has 1 aromatic rings. The van der Waals surface area contributed by atoms with Crippen LogP contribution in [-0.2, 0) is 0 Å². The summed E-state index contributed by atoms with van der Waals surface area (Å²) in [6.45, 7) is 6.95. The lowest BCUT2D eigenvalue weighted by Gasteiger charge is -2.28. The molecule has 1 atom stereocenters. The number of carbonyl (C=O) groups is 1. The van der Waals surface area contributed by atoms with Gasteiger partial charge >= 0.3 is 0 Å². The van der Waals surface area contributed by atoms with Crippen molar-refractivity contribution in [1.82, 2.24) is 14.8 Å². The van der Waals surface area contributed by atoms with Crippen molar-refractivity contribution in [3.8, 4) is 0 Å². The predicted octanol–water partition coefficient (Wildman–Crippen LogP) is 2.60. The van der Waals surface area contributed by atoms with Gasteiger partial charge in [0.15, 0.2) is 0 Å². The van der Waals surface area contributed by atoms with Crippen LogP contribution in [0.3, 0.4) is 0 Å². The highest BCUT2D eigenvalue weighted by atomic mass is 35.5. The van der Waals surface area contributed by atoms with E-state index >= 15 is 0 Å². The molecule has 1 saturated heterocycles. The molecule has 1 unspecified atom stereocenters. The maximum absolute atomic E-state index is 12.4. The maximum Gasteiger partial charge on any atom is 0.256 e. The molecule has 0 radical (unpaired) electrons. The monoisotopic (exact) mass is 295 g/mol.